The van der Waals surface area contributed by atoms with Crippen molar-refractivity contribution in [2.24, 2.45) is 0 Å². The summed E-state index contributed by atoms with van der Waals surface area (Å²) in [5.74, 6) is -0.224. The molecule has 13 heteroatoms. The van der Waals surface area contributed by atoms with Crippen LogP contribution in [0.3, 0.4) is 0 Å². The van der Waals surface area contributed by atoms with Crippen LogP contribution in [-0.4, -0.2) is 68.7 Å². The van der Waals surface area contributed by atoms with E-state index in [4.69, 9.17) is 9.47 Å². The molecule has 2 aliphatic rings. The summed E-state index contributed by atoms with van der Waals surface area (Å²) in [7, 11) is 0. The smallest absolute Gasteiger partial charge is 0.416 e. The zero-order valence-electron chi connectivity index (χ0n) is 19.2. The number of aromatic nitrogens is 2. The monoisotopic (exact) mass is 497 g/mol. The Bertz CT molecular complexity index is 1040. The number of halogens is 3. The number of benzene rings is 1. The van der Waals surface area contributed by atoms with Crippen molar-refractivity contribution in [3.8, 4) is 6.01 Å². The lowest BCUT2D eigenvalue weighted by molar-refractivity contribution is -0.389. The van der Waals surface area contributed by atoms with Gasteiger partial charge in [-0.2, -0.15) is 13.2 Å². The Hall–Kier alpha value is -3.35. The van der Waals surface area contributed by atoms with Gasteiger partial charge in [-0.15, -0.1) is 0 Å². The van der Waals surface area contributed by atoms with Crippen LogP contribution >= 0.6 is 0 Å². The molecule has 0 radical (unpaired) electrons. The number of piperazine rings is 1. The molecule has 190 valence electrons. The molecule has 0 bridgehead atoms. The Morgan fingerprint density at radius 2 is 1.91 bits per heavy atom. The van der Waals surface area contributed by atoms with Crippen molar-refractivity contribution in [1.82, 2.24) is 19.4 Å². The molecule has 10 nitrogen and oxygen atoms in total. The van der Waals surface area contributed by atoms with Gasteiger partial charge >= 0.3 is 24.1 Å². The van der Waals surface area contributed by atoms with E-state index in [1.165, 1.54) is 18.3 Å². The van der Waals surface area contributed by atoms with Gasteiger partial charge < -0.3 is 24.5 Å². The van der Waals surface area contributed by atoms with E-state index in [9.17, 15) is 28.1 Å². The molecule has 2 aromatic rings. The first kappa shape index (κ1) is 24.8. The summed E-state index contributed by atoms with van der Waals surface area (Å²) >= 11 is 0. The lowest BCUT2D eigenvalue weighted by atomic mass is 10.00. The van der Waals surface area contributed by atoms with E-state index in [0.717, 1.165) is 31.5 Å². The van der Waals surface area contributed by atoms with Crippen LogP contribution in [0.2, 0.25) is 0 Å². The van der Waals surface area contributed by atoms with E-state index in [0.29, 0.717) is 38.3 Å². The Balaban J connectivity index is 1.14. The summed E-state index contributed by atoms with van der Waals surface area (Å²) in [6.07, 6.45) is -1.90. The summed E-state index contributed by atoms with van der Waals surface area (Å²) in [4.78, 5) is 30.3. The zero-order chi connectivity index (χ0) is 25.2. The number of nitro groups is 1. The second kappa shape index (κ2) is 9.72. The molecule has 0 spiro atoms. The van der Waals surface area contributed by atoms with Gasteiger partial charge in [0.2, 0.25) is 0 Å². The predicted molar refractivity (Wildman–Crippen MR) is 117 cm³/mol. The quantitative estimate of drug-likeness (QED) is 0.425. The number of nitrogens with zero attached hydrogens (tertiary/aromatic N) is 5. The standard InChI is InChI=1S/C22H26F3N5O5/c1-21(15-29-13-18(30(32)33)26-19(29)35-21)7-2-8-27-9-11-28(12-10-27)20(31)34-14-16-3-5-17(6-4-16)22(23,24)25/h3-6,13H,2,7-12,14-15H2,1H3. The molecule has 1 aromatic carbocycles. The van der Waals surface area contributed by atoms with E-state index in [-0.39, 0.29) is 18.4 Å². The molecule has 1 atom stereocenters. The third-order valence-corrected chi connectivity index (χ3v) is 6.21. The van der Waals surface area contributed by atoms with Gasteiger partial charge in [-0.1, -0.05) is 12.1 Å². The van der Waals surface area contributed by atoms with E-state index in [2.05, 4.69) is 9.88 Å². The molecular formula is C22H26F3N5O5. The van der Waals surface area contributed by atoms with Crippen LogP contribution in [0.1, 0.15) is 30.9 Å². The summed E-state index contributed by atoms with van der Waals surface area (Å²) in [6, 6.07) is 4.81. The van der Waals surface area contributed by atoms with Crippen molar-refractivity contribution in [2.75, 3.05) is 32.7 Å². The van der Waals surface area contributed by atoms with Gasteiger partial charge in [0.15, 0.2) is 0 Å². The number of ether oxygens (including phenoxy) is 2. The first-order valence-electron chi connectivity index (χ1n) is 11.2. The minimum Gasteiger partial charge on any atom is -0.445 e. The number of hydrogen-bond acceptors (Lipinski definition) is 7. The maximum absolute atomic E-state index is 12.6. The highest BCUT2D eigenvalue weighted by atomic mass is 19.4. The minimum absolute atomic E-state index is 0.0869. The highest BCUT2D eigenvalue weighted by Gasteiger charge is 2.40. The maximum Gasteiger partial charge on any atom is 0.416 e. The Kier molecular flexibility index (Phi) is 6.88. The first-order chi connectivity index (χ1) is 16.5. The fourth-order valence-electron chi connectivity index (χ4n) is 4.27. The molecule has 1 amide bonds. The van der Waals surface area contributed by atoms with E-state index < -0.39 is 28.4 Å². The Morgan fingerprint density at radius 3 is 2.51 bits per heavy atom. The molecule has 2 aliphatic heterocycles. The van der Waals surface area contributed by atoms with Gasteiger partial charge in [0.25, 0.3) is 0 Å². The third kappa shape index (κ3) is 6.02. The minimum atomic E-state index is -4.40. The van der Waals surface area contributed by atoms with Crippen molar-refractivity contribution >= 4 is 11.9 Å². The number of carbonyl (C=O) groups excluding carboxylic acids is 1. The molecule has 0 aliphatic carbocycles. The first-order valence-corrected chi connectivity index (χ1v) is 11.2. The number of rotatable bonds is 7. The summed E-state index contributed by atoms with van der Waals surface area (Å²) < 4.78 is 50.7. The zero-order valence-corrected chi connectivity index (χ0v) is 19.2. The van der Waals surface area contributed by atoms with Crippen molar-refractivity contribution in [3.05, 3.63) is 51.7 Å². The SMILES string of the molecule is CC1(CCCN2CCN(C(=O)OCc3ccc(C(F)(F)F)cc3)CC2)Cn2cc([N+](=O)[O-])nc2O1. The van der Waals surface area contributed by atoms with Crippen LogP contribution in [0.5, 0.6) is 6.01 Å². The molecular weight excluding hydrogens is 471 g/mol. The second-order valence-corrected chi connectivity index (χ2v) is 9.00. The van der Waals surface area contributed by atoms with Crippen LogP contribution in [-0.2, 0) is 24.1 Å². The van der Waals surface area contributed by atoms with Crippen molar-refractivity contribution in [1.29, 1.82) is 0 Å². The topological polar surface area (TPSA) is 103 Å². The molecule has 4 rings (SSSR count). The van der Waals surface area contributed by atoms with Gasteiger partial charge in [0, 0.05) is 31.2 Å². The molecule has 1 saturated heterocycles. The van der Waals surface area contributed by atoms with Crippen LogP contribution in [0.25, 0.3) is 0 Å². The van der Waals surface area contributed by atoms with E-state index >= 15 is 0 Å². The van der Waals surface area contributed by atoms with Crippen molar-refractivity contribution < 1.29 is 32.4 Å². The fraction of sp³-hybridized carbons (Fsp3) is 0.545. The predicted octanol–water partition coefficient (Wildman–Crippen LogP) is 3.70. The second-order valence-electron chi connectivity index (χ2n) is 9.00. The highest BCUT2D eigenvalue weighted by Crippen LogP contribution is 2.33. The third-order valence-electron chi connectivity index (χ3n) is 6.21. The number of hydrogen-bond donors (Lipinski definition) is 0. The van der Waals surface area contributed by atoms with Crippen LogP contribution in [0.4, 0.5) is 23.8 Å². The normalized spacial score (nSPS) is 20.4. The maximum atomic E-state index is 12.6. The molecule has 1 unspecified atom stereocenters. The lowest BCUT2D eigenvalue weighted by Gasteiger charge is -2.34. The van der Waals surface area contributed by atoms with Gasteiger partial charge in [-0.05, 0) is 48.9 Å². The van der Waals surface area contributed by atoms with Crippen LogP contribution < -0.4 is 4.74 Å². The Labute approximate surface area is 199 Å². The van der Waals surface area contributed by atoms with Crippen LogP contribution in [0.15, 0.2) is 30.5 Å². The number of alkyl halides is 3. The largest absolute Gasteiger partial charge is 0.445 e. The van der Waals surface area contributed by atoms with Gasteiger partial charge in [-0.25, -0.2) is 4.79 Å². The van der Waals surface area contributed by atoms with Crippen molar-refractivity contribution in [3.63, 3.8) is 0 Å². The van der Waals surface area contributed by atoms with Gasteiger partial charge in [-0.3, -0.25) is 9.47 Å². The molecule has 3 heterocycles. The number of fused-ring (bicyclic) bond motifs is 1. The van der Waals surface area contributed by atoms with Gasteiger partial charge in [0.1, 0.15) is 18.4 Å². The summed E-state index contributed by atoms with van der Waals surface area (Å²) in [5, 5.41) is 10.8. The molecule has 0 saturated carbocycles. The summed E-state index contributed by atoms with van der Waals surface area (Å²) in [6.45, 7) is 5.55. The molecule has 1 fully saturated rings. The highest BCUT2D eigenvalue weighted by molar-refractivity contribution is 5.67. The number of imidazole rings is 1. The molecule has 1 aromatic heterocycles. The van der Waals surface area contributed by atoms with Crippen molar-refractivity contribution in [2.45, 2.75) is 44.7 Å². The van der Waals surface area contributed by atoms with E-state index in [1.807, 2.05) is 6.92 Å². The lowest BCUT2D eigenvalue weighted by Crippen LogP contribution is -2.49. The van der Waals surface area contributed by atoms with Gasteiger partial charge in [0.05, 0.1) is 12.1 Å². The van der Waals surface area contributed by atoms with Crippen LogP contribution in [0, 0.1) is 10.1 Å². The molecule has 35 heavy (non-hydrogen) atoms. The average Bonchev–Trinajstić information content (AvgIpc) is 3.33. The average molecular weight is 497 g/mol. The molecule has 0 N–H and O–H groups in total. The summed E-state index contributed by atoms with van der Waals surface area (Å²) in [5.41, 5.74) is -0.724. The number of carbonyl (C=O) groups is 1. The fourth-order valence-corrected chi connectivity index (χ4v) is 4.27. The number of amides is 1. The van der Waals surface area contributed by atoms with E-state index in [1.54, 1.807) is 9.47 Å². The Morgan fingerprint density at radius 1 is 1.23 bits per heavy atom.